The molecule has 17 rings (SSSR count). The average Bonchev–Trinajstić information content (AvgIpc) is 1.67. The van der Waals surface area contributed by atoms with Crippen LogP contribution < -0.4 is 26.2 Å². The van der Waals surface area contributed by atoms with Gasteiger partial charge in [-0.25, -0.2) is 0 Å². The third kappa shape index (κ3) is 9.48. The van der Waals surface area contributed by atoms with E-state index in [9.17, 15) is 0 Å². The summed E-state index contributed by atoms with van der Waals surface area (Å²) in [4.78, 5) is 5.54. The minimum absolute atomic E-state index is 0.183. The molecule has 470 valence electrons. The number of aromatic nitrogens is 2. The van der Waals surface area contributed by atoms with Gasteiger partial charge < -0.3 is 18.9 Å². The highest BCUT2D eigenvalue weighted by Crippen LogP contribution is 2.57. The van der Waals surface area contributed by atoms with E-state index in [4.69, 9.17) is 0 Å². The number of hydrogen-bond donors (Lipinski definition) is 0. The Morgan fingerprint density at radius 2 is 0.515 bits per heavy atom. The Bertz CT molecular complexity index is 5090. The van der Waals surface area contributed by atoms with Crippen LogP contribution in [0.3, 0.4) is 0 Å². The molecule has 0 N–H and O–H groups in total. The van der Waals surface area contributed by atoms with E-state index in [2.05, 4.69) is 374 Å². The van der Waals surface area contributed by atoms with Crippen LogP contribution in [-0.4, -0.2) is 15.8 Å². The third-order valence-corrected chi connectivity index (χ3v) is 21.1. The summed E-state index contributed by atoms with van der Waals surface area (Å²) < 4.78 is 5.08. The molecule has 0 saturated carbocycles. The summed E-state index contributed by atoms with van der Waals surface area (Å²) in [5.74, 6) is 0. The van der Waals surface area contributed by atoms with E-state index in [1.165, 1.54) is 155 Å². The van der Waals surface area contributed by atoms with Crippen LogP contribution in [-0.2, 0) is 16.2 Å². The molecule has 4 heterocycles. The van der Waals surface area contributed by atoms with Crippen LogP contribution in [0.4, 0.5) is 34.1 Å². The molecule has 0 amide bonds. The maximum absolute atomic E-state index is 2.77. The Hall–Kier alpha value is -10.9. The van der Waals surface area contributed by atoms with Crippen LogP contribution in [0.5, 0.6) is 0 Å². The van der Waals surface area contributed by atoms with Crippen LogP contribution in [0.15, 0.2) is 279 Å². The molecule has 0 saturated heterocycles. The summed E-state index contributed by atoms with van der Waals surface area (Å²) in [5.41, 5.74) is 32.8. The smallest absolute Gasteiger partial charge is 0.252 e. The second-order valence-corrected chi connectivity index (χ2v) is 30.1. The molecule has 0 aliphatic carbocycles. The number of benzene rings is 13. The molecule has 4 nitrogen and oxygen atoms in total. The molecule has 15 aromatic rings. The van der Waals surface area contributed by atoms with Crippen LogP contribution in [0, 0.1) is 13.8 Å². The molecule has 0 spiro atoms. The van der Waals surface area contributed by atoms with Gasteiger partial charge in [-0.3, -0.25) is 0 Å². The van der Waals surface area contributed by atoms with Crippen molar-refractivity contribution in [1.82, 2.24) is 9.13 Å². The van der Waals surface area contributed by atoms with Gasteiger partial charge in [0.15, 0.2) is 0 Å². The second-order valence-electron chi connectivity index (χ2n) is 30.1. The SMILES string of the molecule is Cc1c(-n2c3ccccc3c3ccccc32)ccc2c1N(c1c(-c3ccccc3)cc(C(C)(C)C)cc1-c1ccccc1)c1cc(C(C)(C)C)cc3c1B2c1ccc(-n2c4ccccc4c4ccccc42)c(C)c1N3c1c(-c2ccccc2)cc(C(C)(C)C)cc1-c1ccccc1. The highest BCUT2D eigenvalue weighted by Gasteiger charge is 2.48. The largest absolute Gasteiger partial charge is 0.310 e. The van der Waals surface area contributed by atoms with Crippen molar-refractivity contribution in [1.29, 1.82) is 0 Å². The quantitative estimate of drug-likeness (QED) is 0.141. The summed E-state index contributed by atoms with van der Waals surface area (Å²) in [7, 11) is 0. The number of anilines is 6. The summed E-state index contributed by atoms with van der Waals surface area (Å²) >= 11 is 0. The highest BCUT2D eigenvalue weighted by atomic mass is 15.2. The number of rotatable bonds is 8. The fraction of sp³-hybridized carbons (Fsp3) is 0.152. The molecule has 97 heavy (non-hydrogen) atoms. The lowest BCUT2D eigenvalue weighted by Crippen LogP contribution is -2.62. The van der Waals surface area contributed by atoms with E-state index in [0.29, 0.717) is 0 Å². The van der Waals surface area contributed by atoms with Gasteiger partial charge in [0, 0.05) is 66.5 Å². The van der Waals surface area contributed by atoms with Crippen molar-refractivity contribution in [2.24, 2.45) is 0 Å². The fourth-order valence-corrected chi connectivity index (χ4v) is 16.2. The maximum Gasteiger partial charge on any atom is 0.252 e. The summed E-state index contributed by atoms with van der Waals surface area (Å²) in [6.45, 7) is 26.0. The van der Waals surface area contributed by atoms with Gasteiger partial charge in [0.25, 0.3) is 6.71 Å². The summed E-state index contributed by atoms with van der Waals surface area (Å²) in [5, 5.41) is 4.96. The van der Waals surface area contributed by atoms with Crippen molar-refractivity contribution in [3.8, 4) is 55.9 Å². The lowest BCUT2D eigenvalue weighted by molar-refractivity contribution is 0.590. The van der Waals surface area contributed by atoms with E-state index in [1.807, 2.05) is 0 Å². The maximum atomic E-state index is 2.77. The highest BCUT2D eigenvalue weighted by molar-refractivity contribution is 7.00. The minimum Gasteiger partial charge on any atom is -0.310 e. The Balaban J connectivity index is 1.09. The van der Waals surface area contributed by atoms with Gasteiger partial charge in [0.2, 0.25) is 0 Å². The van der Waals surface area contributed by atoms with Gasteiger partial charge in [-0.1, -0.05) is 269 Å². The van der Waals surface area contributed by atoms with Crippen molar-refractivity contribution < 1.29 is 0 Å². The number of para-hydroxylation sites is 4. The molecule has 2 aromatic heterocycles. The second kappa shape index (κ2) is 22.4. The van der Waals surface area contributed by atoms with Crippen molar-refractivity contribution in [3.05, 3.63) is 307 Å². The molecule has 0 fully saturated rings. The van der Waals surface area contributed by atoms with E-state index < -0.39 is 0 Å². The third-order valence-electron chi connectivity index (χ3n) is 21.1. The minimum atomic E-state index is -0.320. The van der Waals surface area contributed by atoms with Gasteiger partial charge in [0.05, 0.1) is 44.8 Å². The van der Waals surface area contributed by atoms with E-state index >= 15 is 0 Å². The summed E-state index contributed by atoms with van der Waals surface area (Å²) in [6.07, 6.45) is 0. The van der Waals surface area contributed by atoms with E-state index in [0.717, 1.165) is 22.7 Å². The monoisotopic (exact) mass is 1250 g/mol. The first-order valence-corrected chi connectivity index (χ1v) is 34.5. The number of fused-ring (bicyclic) bond motifs is 10. The molecule has 2 aliphatic rings. The fourth-order valence-electron chi connectivity index (χ4n) is 16.2. The Morgan fingerprint density at radius 3 is 0.794 bits per heavy atom. The van der Waals surface area contributed by atoms with Crippen LogP contribution in [0.25, 0.3) is 99.5 Å². The first-order chi connectivity index (χ1) is 46.9. The normalized spacial score (nSPS) is 13.0. The topological polar surface area (TPSA) is 16.3 Å². The Morgan fingerprint density at radius 1 is 0.258 bits per heavy atom. The molecule has 0 atom stereocenters. The van der Waals surface area contributed by atoms with Crippen molar-refractivity contribution >= 4 is 101 Å². The van der Waals surface area contributed by atoms with Gasteiger partial charge in [-0.2, -0.15) is 0 Å². The Kier molecular flexibility index (Phi) is 13.8. The molecule has 13 aromatic carbocycles. The predicted molar refractivity (Wildman–Crippen MR) is 416 cm³/mol. The van der Waals surface area contributed by atoms with Crippen LogP contribution >= 0.6 is 0 Å². The van der Waals surface area contributed by atoms with Crippen molar-refractivity contribution in [2.75, 3.05) is 9.80 Å². The number of hydrogen-bond acceptors (Lipinski definition) is 2. The predicted octanol–water partition coefficient (Wildman–Crippen LogP) is 23.1. The van der Waals surface area contributed by atoms with Crippen molar-refractivity contribution in [3.63, 3.8) is 0 Å². The van der Waals surface area contributed by atoms with Crippen molar-refractivity contribution in [2.45, 2.75) is 92.4 Å². The zero-order chi connectivity index (χ0) is 66.4. The zero-order valence-corrected chi connectivity index (χ0v) is 57.4. The molecule has 0 bridgehead atoms. The number of nitrogens with zero attached hydrogens (tertiary/aromatic N) is 4. The first kappa shape index (κ1) is 59.8. The van der Waals surface area contributed by atoms with Gasteiger partial charge in [0.1, 0.15) is 0 Å². The summed E-state index contributed by atoms with van der Waals surface area (Å²) in [6, 6.07) is 106. The molecular formula is C92H79BN4. The van der Waals surface area contributed by atoms with E-state index in [1.54, 1.807) is 0 Å². The molecule has 0 unspecified atom stereocenters. The first-order valence-electron chi connectivity index (χ1n) is 34.5. The standard InChI is InChI=1S/C92H79BN4/c1-58-77(94-79-44-28-24-40-67(79)68-41-25-29-45-80(68)94)50-48-75-86(58)96(88-71(60-32-16-12-17-33-60)52-64(90(3,4)5)53-72(88)61-34-18-13-19-35-61)83-56-66(92(9,10)11)57-84-85(83)93(75)76-49-51-78(95-81-46-30-26-42-69(81)70-43-27-31-47-82(70)95)59(2)87(76)97(84)89-73(62-36-20-14-21-37-62)54-65(91(6,7)8)55-74(89)63-38-22-15-23-39-63/h12-57H,1-11H3. The molecular weight excluding hydrogens is 1170 g/mol. The zero-order valence-electron chi connectivity index (χ0n) is 57.4. The van der Waals surface area contributed by atoms with Gasteiger partial charge in [-0.15, -0.1) is 0 Å². The van der Waals surface area contributed by atoms with Gasteiger partial charge >= 0.3 is 0 Å². The molecule has 0 radical (unpaired) electrons. The lowest BCUT2D eigenvalue weighted by atomic mass is 9.33. The lowest BCUT2D eigenvalue weighted by Gasteiger charge is -2.47. The molecule has 2 aliphatic heterocycles. The Labute approximate surface area is 571 Å². The van der Waals surface area contributed by atoms with E-state index in [-0.39, 0.29) is 23.0 Å². The average molecular weight is 1250 g/mol. The molecule has 5 heteroatoms. The van der Waals surface area contributed by atoms with Gasteiger partial charge in [-0.05, 0) is 169 Å². The van der Waals surface area contributed by atoms with Crippen LogP contribution in [0.2, 0.25) is 0 Å². The van der Waals surface area contributed by atoms with Crippen LogP contribution in [0.1, 0.15) is 90.1 Å².